The van der Waals surface area contributed by atoms with E-state index < -0.39 is 0 Å². The molecule has 0 amide bonds. The molecule has 0 bridgehead atoms. The van der Waals surface area contributed by atoms with Gasteiger partial charge in [-0.2, -0.15) is 0 Å². The van der Waals surface area contributed by atoms with Gasteiger partial charge in [-0.15, -0.1) is 16.8 Å². The molecule has 158 valence electrons. The van der Waals surface area contributed by atoms with E-state index in [2.05, 4.69) is 16.8 Å². The summed E-state index contributed by atoms with van der Waals surface area (Å²) >= 11 is 13.7. The number of aryl methyl sites for hydroxylation is 1. The van der Waals surface area contributed by atoms with Crippen molar-refractivity contribution in [2.45, 2.75) is 37.9 Å². The number of nitrogens with zero attached hydrogens (tertiary/aromatic N) is 3. The zero-order chi connectivity index (χ0) is 21.5. The summed E-state index contributed by atoms with van der Waals surface area (Å²) in [5.74, 6) is 2.82. The summed E-state index contributed by atoms with van der Waals surface area (Å²) in [5.41, 5.74) is 2.17. The molecule has 0 aliphatic carbocycles. The highest BCUT2D eigenvalue weighted by molar-refractivity contribution is 7.98. The van der Waals surface area contributed by atoms with E-state index in [1.165, 1.54) is 0 Å². The predicted molar refractivity (Wildman–Crippen MR) is 123 cm³/mol. The molecule has 0 fully saturated rings. The lowest BCUT2D eigenvalue weighted by atomic mass is 10.2. The van der Waals surface area contributed by atoms with Gasteiger partial charge in [-0.25, -0.2) is 0 Å². The van der Waals surface area contributed by atoms with Gasteiger partial charge < -0.3 is 9.47 Å². The SMILES string of the molecule is C=CCn1c(COc2ccc(C)cc2OCC)nnc1SCc1ccc(Cl)c(Cl)c1. The lowest BCUT2D eigenvalue weighted by Gasteiger charge is -2.13. The van der Waals surface area contributed by atoms with Gasteiger partial charge in [0.05, 0.1) is 16.7 Å². The number of hydrogen-bond acceptors (Lipinski definition) is 5. The summed E-state index contributed by atoms with van der Waals surface area (Å²) in [5, 5.41) is 10.5. The molecule has 2 aromatic carbocycles. The standard InChI is InChI=1S/C22H23Cl2N3O2S/c1-4-10-27-21(13-29-19-9-6-15(3)11-20(19)28-5-2)25-26-22(27)30-14-16-7-8-17(23)18(24)12-16/h4,6-9,11-12H,1,5,10,13-14H2,2-3H3. The van der Waals surface area contributed by atoms with Crippen LogP contribution in [0, 0.1) is 6.92 Å². The van der Waals surface area contributed by atoms with Crippen molar-refractivity contribution in [2.75, 3.05) is 6.61 Å². The largest absolute Gasteiger partial charge is 0.490 e. The Bertz CT molecular complexity index is 1020. The number of rotatable bonds is 10. The first kappa shape index (κ1) is 22.5. The summed E-state index contributed by atoms with van der Waals surface area (Å²) in [6, 6.07) is 11.5. The van der Waals surface area contributed by atoms with Crippen LogP contribution in [0.4, 0.5) is 0 Å². The van der Waals surface area contributed by atoms with Gasteiger partial charge in [0.15, 0.2) is 22.5 Å². The number of thioether (sulfide) groups is 1. The van der Waals surface area contributed by atoms with Gasteiger partial charge in [0.2, 0.25) is 0 Å². The van der Waals surface area contributed by atoms with Gasteiger partial charge in [-0.05, 0) is 49.2 Å². The third-order valence-corrected chi connectivity index (χ3v) is 5.99. The minimum atomic E-state index is 0.275. The summed E-state index contributed by atoms with van der Waals surface area (Å²) in [4.78, 5) is 0. The molecule has 8 heteroatoms. The van der Waals surface area contributed by atoms with E-state index in [-0.39, 0.29) is 6.61 Å². The Morgan fingerprint density at radius 1 is 1.07 bits per heavy atom. The van der Waals surface area contributed by atoms with E-state index in [9.17, 15) is 0 Å². The van der Waals surface area contributed by atoms with Gasteiger partial charge in [-0.1, -0.05) is 53.2 Å². The molecule has 0 radical (unpaired) electrons. The van der Waals surface area contributed by atoms with Crippen LogP contribution in [0.2, 0.25) is 10.0 Å². The Balaban J connectivity index is 1.72. The van der Waals surface area contributed by atoms with Crippen molar-refractivity contribution in [3.63, 3.8) is 0 Å². The number of benzene rings is 2. The molecule has 3 aromatic rings. The van der Waals surface area contributed by atoms with Crippen molar-refractivity contribution in [3.8, 4) is 11.5 Å². The highest BCUT2D eigenvalue weighted by atomic mass is 35.5. The molecule has 0 aliphatic rings. The van der Waals surface area contributed by atoms with Crippen LogP contribution in [0.5, 0.6) is 11.5 Å². The second kappa shape index (κ2) is 10.8. The van der Waals surface area contributed by atoms with Crippen LogP contribution in [-0.4, -0.2) is 21.4 Å². The second-order valence-electron chi connectivity index (χ2n) is 6.51. The van der Waals surface area contributed by atoms with Crippen molar-refractivity contribution >= 4 is 35.0 Å². The van der Waals surface area contributed by atoms with Gasteiger partial charge in [-0.3, -0.25) is 4.57 Å². The first-order chi connectivity index (χ1) is 14.5. The number of hydrogen-bond donors (Lipinski definition) is 0. The van der Waals surface area contributed by atoms with Crippen molar-refractivity contribution in [3.05, 3.63) is 76.0 Å². The van der Waals surface area contributed by atoms with Gasteiger partial charge in [0, 0.05) is 12.3 Å². The minimum absolute atomic E-state index is 0.275. The molecule has 0 atom stereocenters. The summed E-state index contributed by atoms with van der Waals surface area (Å²) < 4.78 is 13.7. The van der Waals surface area contributed by atoms with Crippen molar-refractivity contribution in [2.24, 2.45) is 0 Å². The maximum atomic E-state index is 6.11. The van der Waals surface area contributed by atoms with Gasteiger partial charge in [0.25, 0.3) is 0 Å². The number of allylic oxidation sites excluding steroid dienone is 1. The quantitative estimate of drug-likeness (QED) is 0.259. The number of halogens is 2. The smallest absolute Gasteiger partial charge is 0.191 e. The van der Waals surface area contributed by atoms with E-state index in [4.69, 9.17) is 32.7 Å². The van der Waals surface area contributed by atoms with Gasteiger partial charge >= 0.3 is 0 Å². The van der Waals surface area contributed by atoms with E-state index >= 15 is 0 Å². The maximum absolute atomic E-state index is 6.11. The highest BCUT2D eigenvalue weighted by Gasteiger charge is 2.14. The molecule has 1 aromatic heterocycles. The van der Waals surface area contributed by atoms with Crippen molar-refractivity contribution < 1.29 is 9.47 Å². The maximum Gasteiger partial charge on any atom is 0.191 e. The monoisotopic (exact) mass is 463 g/mol. The van der Waals surface area contributed by atoms with Crippen LogP contribution in [0.25, 0.3) is 0 Å². The van der Waals surface area contributed by atoms with E-state index in [0.29, 0.717) is 34.7 Å². The Morgan fingerprint density at radius 3 is 2.63 bits per heavy atom. The molecular weight excluding hydrogens is 441 g/mol. The Labute approximate surface area is 191 Å². The lowest BCUT2D eigenvalue weighted by Crippen LogP contribution is -2.08. The number of aromatic nitrogens is 3. The van der Waals surface area contributed by atoms with Gasteiger partial charge in [0.1, 0.15) is 6.61 Å². The zero-order valence-electron chi connectivity index (χ0n) is 16.9. The van der Waals surface area contributed by atoms with Crippen LogP contribution in [-0.2, 0) is 18.9 Å². The Hall–Kier alpha value is -2.15. The second-order valence-corrected chi connectivity index (χ2v) is 8.26. The molecule has 0 saturated carbocycles. The summed E-state index contributed by atoms with van der Waals surface area (Å²) in [7, 11) is 0. The average Bonchev–Trinajstić information content (AvgIpc) is 3.10. The Kier molecular flexibility index (Phi) is 8.08. The summed E-state index contributed by atoms with van der Waals surface area (Å²) in [6.07, 6.45) is 1.81. The molecular formula is C22H23Cl2N3O2S. The topological polar surface area (TPSA) is 49.2 Å². The van der Waals surface area contributed by atoms with Crippen LogP contribution >= 0.6 is 35.0 Å². The van der Waals surface area contributed by atoms with Crippen molar-refractivity contribution in [1.29, 1.82) is 0 Å². The van der Waals surface area contributed by atoms with E-state index in [1.54, 1.807) is 17.8 Å². The summed E-state index contributed by atoms with van der Waals surface area (Å²) in [6.45, 7) is 9.24. The van der Waals surface area contributed by atoms with E-state index in [0.717, 1.165) is 27.9 Å². The van der Waals surface area contributed by atoms with Crippen LogP contribution in [0.15, 0.2) is 54.2 Å². The minimum Gasteiger partial charge on any atom is -0.490 e. The van der Waals surface area contributed by atoms with Crippen LogP contribution in [0.1, 0.15) is 23.9 Å². The molecule has 0 saturated heterocycles. The van der Waals surface area contributed by atoms with Crippen LogP contribution in [0.3, 0.4) is 0 Å². The molecule has 3 rings (SSSR count). The third-order valence-electron chi connectivity index (χ3n) is 4.21. The molecule has 30 heavy (non-hydrogen) atoms. The Morgan fingerprint density at radius 2 is 1.90 bits per heavy atom. The molecule has 0 N–H and O–H groups in total. The first-order valence-electron chi connectivity index (χ1n) is 9.47. The fraction of sp³-hybridized carbons (Fsp3) is 0.273. The average molecular weight is 464 g/mol. The third kappa shape index (κ3) is 5.72. The van der Waals surface area contributed by atoms with E-state index in [1.807, 2.05) is 54.8 Å². The van der Waals surface area contributed by atoms with Crippen molar-refractivity contribution in [1.82, 2.24) is 14.8 Å². The number of ether oxygens (including phenoxy) is 2. The fourth-order valence-electron chi connectivity index (χ4n) is 2.77. The molecule has 1 heterocycles. The normalized spacial score (nSPS) is 10.8. The zero-order valence-corrected chi connectivity index (χ0v) is 19.2. The lowest BCUT2D eigenvalue weighted by molar-refractivity contribution is 0.259. The predicted octanol–water partition coefficient (Wildman–Crippen LogP) is 6.35. The first-order valence-corrected chi connectivity index (χ1v) is 11.2. The molecule has 0 unspecified atom stereocenters. The highest BCUT2D eigenvalue weighted by Crippen LogP contribution is 2.30. The fourth-order valence-corrected chi connectivity index (χ4v) is 4.00. The van der Waals surface area contributed by atoms with Crippen LogP contribution < -0.4 is 9.47 Å². The molecule has 0 spiro atoms. The molecule has 0 aliphatic heterocycles. The molecule has 5 nitrogen and oxygen atoms in total.